The number of nitrogens with zero attached hydrogens (tertiary/aromatic N) is 2. The van der Waals surface area contributed by atoms with Gasteiger partial charge in [-0.25, -0.2) is 9.59 Å². The molecule has 160 valence electrons. The summed E-state index contributed by atoms with van der Waals surface area (Å²) in [4.78, 5) is 38.7. The minimum atomic E-state index is -5.08. The van der Waals surface area contributed by atoms with Crippen molar-refractivity contribution in [3.63, 3.8) is 0 Å². The molecule has 1 aromatic rings. The summed E-state index contributed by atoms with van der Waals surface area (Å²) in [6.45, 7) is 1.46. The lowest BCUT2D eigenvalue weighted by Crippen LogP contribution is -2.50. The maximum absolute atomic E-state index is 12.4. The second-order valence-electron chi connectivity index (χ2n) is 6.48. The third-order valence-corrected chi connectivity index (χ3v) is 4.43. The topological polar surface area (TPSA) is 121 Å². The van der Waals surface area contributed by atoms with E-state index in [1.165, 1.54) is 0 Å². The minimum Gasteiger partial charge on any atom is -0.475 e. The summed E-state index contributed by atoms with van der Waals surface area (Å²) in [6.07, 6.45) is -1.25. The quantitative estimate of drug-likeness (QED) is 0.667. The van der Waals surface area contributed by atoms with Crippen LogP contribution in [-0.4, -0.2) is 71.4 Å². The van der Waals surface area contributed by atoms with Crippen LogP contribution < -0.4 is 10.6 Å². The van der Waals surface area contributed by atoms with E-state index in [4.69, 9.17) is 14.6 Å². The van der Waals surface area contributed by atoms with Gasteiger partial charge in [-0.1, -0.05) is 6.07 Å². The predicted octanol–water partition coefficient (Wildman–Crippen LogP) is 0.760. The fourth-order valence-corrected chi connectivity index (χ4v) is 3.08. The van der Waals surface area contributed by atoms with Crippen LogP contribution in [0.2, 0.25) is 0 Å². The summed E-state index contributed by atoms with van der Waals surface area (Å²) < 4.78 is 37.5. The highest BCUT2D eigenvalue weighted by atomic mass is 19.4. The first-order valence-electron chi connectivity index (χ1n) is 8.70. The van der Waals surface area contributed by atoms with E-state index in [1.54, 1.807) is 24.3 Å². The van der Waals surface area contributed by atoms with Gasteiger partial charge in [-0.15, -0.1) is 0 Å². The summed E-state index contributed by atoms with van der Waals surface area (Å²) in [5, 5.41) is 12.7. The van der Waals surface area contributed by atoms with Crippen LogP contribution >= 0.6 is 0 Å². The lowest BCUT2D eigenvalue weighted by atomic mass is 9.99. The van der Waals surface area contributed by atoms with Crippen molar-refractivity contribution >= 4 is 17.9 Å². The Kier molecular flexibility index (Phi) is 7.37. The molecule has 3 amide bonds. The van der Waals surface area contributed by atoms with Crippen molar-refractivity contribution in [3.05, 3.63) is 30.1 Å². The van der Waals surface area contributed by atoms with Crippen LogP contribution in [0.25, 0.3) is 0 Å². The van der Waals surface area contributed by atoms with Crippen molar-refractivity contribution in [3.8, 4) is 0 Å². The monoisotopic (exact) mass is 418 g/mol. The Labute approximate surface area is 164 Å². The Balaban J connectivity index is 0.000000370. The molecule has 2 aliphatic rings. The molecule has 3 atom stereocenters. The number of carboxylic acid groups (broad SMARTS) is 1. The van der Waals surface area contributed by atoms with E-state index in [2.05, 4.69) is 15.6 Å². The maximum atomic E-state index is 12.4. The third kappa shape index (κ3) is 6.31. The zero-order valence-electron chi connectivity index (χ0n) is 15.5. The number of aliphatic carboxylic acids is 1. The zero-order chi connectivity index (χ0) is 21.6. The van der Waals surface area contributed by atoms with E-state index in [0.29, 0.717) is 26.1 Å². The van der Waals surface area contributed by atoms with Crippen LogP contribution in [0, 0.1) is 5.92 Å². The van der Waals surface area contributed by atoms with Gasteiger partial charge < -0.3 is 25.4 Å². The molecular weight excluding hydrogens is 397 g/mol. The number of hydrogen-bond donors (Lipinski definition) is 3. The highest BCUT2D eigenvalue weighted by Crippen LogP contribution is 2.32. The number of pyridine rings is 1. The smallest absolute Gasteiger partial charge is 0.475 e. The van der Waals surface area contributed by atoms with Crippen LogP contribution in [-0.2, 0) is 20.9 Å². The molecule has 3 N–H and O–H groups in total. The number of ether oxygens (including phenoxy) is 1. The normalized spacial score (nSPS) is 22.9. The Morgan fingerprint density at radius 3 is 2.59 bits per heavy atom. The van der Waals surface area contributed by atoms with E-state index in [1.807, 2.05) is 12.1 Å². The van der Waals surface area contributed by atoms with Gasteiger partial charge in [0.1, 0.15) is 0 Å². The van der Waals surface area contributed by atoms with Crippen molar-refractivity contribution in [2.75, 3.05) is 20.1 Å². The summed E-state index contributed by atoms with van der Waals surface area (Å²) in [5.74, 6) is -2.97. The Morgan fingerprint density at radius 2 is 2.03 bits per heavy atom. The van der Waals surface area contributed by atoms with E-state index in [9.17, 15) is 22.8 Å². The maximum Gasteiger partial charge on any atom is 0.490 e. The number of morpholine rings is 1. The number of carbonyl (C=O) groups is 3. The predicted molar refractivity (Wildman–Crippen MR) is 92.6 cm³/mol. The number of urea groups is 1. The molecule has 0 saturated carbocycles. The van der Waals surface area contributed by atoms with Gasteiger partial charge in [0.2, 0.25) is 5.91 Å². The number of rotatable bonds is 3. The Bertz CT molecular complexity index is 732. The second kappa shape index (κ2) is 9.54. The SMILES string of the molecule is CNC(=O)N1C[C@H]2C[C@H](C(=O)NCc3cccnc3)[C@@H](C1)O2.O=C(O)C(F)(F)F. The fourth-order valence-electron chi connectivity index (χ4n) is 3.08. The van der Waals surface area contributed by atoms with Crippen molar-refractivity contribution in [1.29, 1.82) is 0 Å². The number of carboxylic acids is 1. The average Bonchev–Trinajstić information content (AvgIpc) is 2.99. The molecule has 1 aromatic heterocycles. The summed E-state index contributed by atoms with van der Waals surface area (Å²) >= 11 is 0. The van der Waals surface area contributed by atoms with E-state index in [-0.39, 0.29) is 30.1 Å². The van der Waals surface area contributed by atoms with Gasteiger partial charge in [-0.05, 0) is 18.1 Å². The number of fused-ring (bicyclic) bond motifs is 2. The van der Waals surface area contributed by atoms with Crippen molar-refractivity contribution in [2.45, 2.75) is 31.3 Å². The molecule has 0 aliphatic carbocycles. The van der Waals surface area contributed by atoms with Crippen molar-refractivity contribution in [2.24, 2.45) is 5.92 Å². The summed E-state index contributed by atoms with van der Waals surface area (Å²) in [5.41, 5.74) is 0.963. The van der Waals surface area contributed by atoms with Gasteiger partial charge in [-0.2, -0.15) is 13.2 Å². The minimum absolute atomic E-state index is 0.0184. The molecule has 0 radical (unpaired) electrons. The van der Waals surface area contributed by atoms with Crippen molar-refractivity contribution in [1.82, 2.24) is 20.5 Å². The Morgan fingerprint density at radius 1 is 1.34 bits per heavy atom. The van der Waals surface area contributed by atoms with Gasteiger partial charge in [0.15, 0.2) is 0 Å². The fraction of sp³-hybridized carbons (Fsp3) is 0.529. The van der Waals surface area contributed by atoms with Crippen LogP contribution in [0.5, 0.6) is 0 Å². The summed E-state index contributed by atoms with van der Waals surface area (Å²) in [6, 6.07) is 3.65. The van der Waals surface area contributed by atoms with Gasteiger partial charge >= 0.3 is 18.2 Å². The molecule has 3 rings (SSSR count). The molecular formula is C17H21F3N4O5. The van der Waals surface area contributed by atoms with E-state index < -0.39 is 12.1 Å². The molecule has 29 heavy (non-hydrogen) atoms. The number of aromatic nitrogens is 1. The number of amides is 3. The molecule has 9 nitrogen and oxygen atoms in total. The standard InChI is InChI=1S/C15H20N4O3.C2HF3O2/c1-16-15(21)19-8-11-5-12(13(9-19)22-11)14(20)18-7-10-3-2-4-17-6-10;3-2(4,5)1(6)7/h2-4,6,11-13H,5,7-9H2,1H3,(H,16,21)(H,18,20);(H,6,7)/t11-,12+,13-;/m1./s1. The largest absolute Gasteiger partial charge is 0.490 e. The first-order valence-corrected chi connectivity index (χ1v) is 8.70. The average molecular weight is 418 g/mol. The first-order chi connectivity index (χ1) is 13.6. The molecule has 2 saturated heterocycles. The van der Waals surface area contributed by atoms with E-state index >= 15 is 0 Å². The first kappa shape index (κ1) is 22.4. The van der Waals surface area contributed by atoms with Crippen LogP contribution in [0.15, 0.2) is 24.5 Å². The molecule has 2 bridgehead atoms. The molecule has 2 aliphatic heterocycles. The number of carbonyl (C=O) groups excluding carboxylic acids is 2. The number of halogens is 3. The zero-order valence-corrected chi connectivity index (χ0v) is 15.5. The molecule has 3 heterocycles. The number of hydrogen-bond acceptors (Lipinski definition) is 5. The van der Waals surface area contributed by atoms with Gasteiger partial charge in [-0.3, -0.25) is 9.78 Å². The third-order valence-electron chi connectivity index (χ3n) is 4.43. The summed E-state index contributed by atoms with van der Waals surface area (Å²) in [7, 11) is 1.61. The molecule has 0 aromatic carbocycles. The number of nitrogens with one attached hydrogen (secondary N) is 2. The highest BCUT2D eigenvalue weighted by molar-refractivity contribution is 5.80. The molecule has 0 unspecified atom stereocenters. The lowest BCUT2D eigenvalue weighted by molar-refractivity contribution is -0.192. The van der Waals surface area contributed by atoms with Crippen LogP contribution in [0.1, 0.15) is 12.0 Å². The molecule has 0 spiro atoms. The Hall–Kier alpha value is -2.89. The van der Waals surface area contributed by atoms with Gasteiger partial charge in [0, 0.05) is 39.1 Å². The van der Waals surface area contributed by atoms with Crippen molar-refractivity contribution < 1.29 is 37.4 Å². The second-order valence-corrected chi connectivity index (χ2v) is 6.48. The number of likely N-dealkylation sites (tertiary alicyclic amines) is 1. The van der Waals surface area contributed by atoms with Crippen LogP contribution in [0.3, 0.4) is 0 Å². The van der Waals surface area contributed by atoms with Gasteiger partial charge in [0.05, 0.1) is 18.1 Å². The van der Waals surface area contributed by atoms with Gasteiger partial charge in [0.25, 0.3) is 0 Å². The van der Waals surface area contributed by atoms with Crippen LogP contribution in [0.4, 0.5) is 18.0 Å². The highest BCUT2D eigenvalue weighted by Gasteiger charge is 2.45. The lowest BCUT2D eigenvalue weighted by Gasteiger charge is -2.32. The molecule has 12 heteroatoms. The molecule has 2 fully saturated rings. The number of alkyl halides is 3. The van der Waals surface area contributed by atoms with E-state index in [0.717, 1.165) is 5.56 Å².